The number of aromatic amines is 1. The lowest BCUT2D eigenvalue weighted by Gasteiger charge is -2.18. The molecular formula is C11H13N5O2. The van der Waals surface area contributed by atoms with Gasteiger partial charge < -0.3 is 15.4 Å². The first-order valence-corrected chi connectivity index (χ1v) is 5.70. The number of nitrogens with one attached hydrogen (secondary N) is 1. The predicted molar refractivity (Wildman–Crippen MR) is 65.9 cm³/mol. The summed E-state index contributed by atoms with van der Waals surface area (Å²) >= 11 is 0. The molecule has 2 aromatic rings. The van der Waals surface area contributed by atoms with Gasteiger partial charge in [0.2, 0.25) is 5.95 Å². The van der Waals surface area contributed by atoms with Crippen molar-refractivity contribution in [2.24, 2.45) is 5.92 Å². The molecule has 0 aromatic carbocycles. The van der Waals surface area contributed by atoms with Crippen LogP contribution < -0.4 is 11.3 Å². The molecule has 4 N–H and O–H groups in total. The van der Waals surface area contributed by atoms with Gasteiger partial charge in [0, 0.05) is 12.5 Å². The standard InChI is InChI=1S/C11H13N5O2/c12-11-14-9-8(10(18)15-11)13-5-16(9)7-3-1-2-6(7)4-17/h1,3,5-7,17H,2,4H2,(H3,12,14,15,18)/t6-,7-/m1/s1. The van der Waals surface area contributed by atoms with Crippen molar-refractivity contribution in [2.45, 2.75) is 12.5 Å². The molecule has 1 aliphatic rings. The summed E-state index contributed by atoms with van der Waals surface area (Å²) in [5, 5.41) is 9.33. The molecule has 2 heterocycles. The van der Waals surface area contributed by atoms with Crippen molar-refractivity contribution < 1.29 is 5.11 Å². The summed E-state index contributed by atoms with van der Waals surface area (Å²) in [6.45, 7) is 0.0794. The molecule has 7 nitrogen and oxygen atoms in total. The van der Waals surface area contributed by atoms with E-state index in [-0.39, 0.29) is 35.6 Å². The summed E-state index contributed by atoms with van der Waals surface area (Å²) in [6, 6.07) is -0.0336. The van der Waals surface area contributed by atoms with Gasteiger partial charge in [-0.05, 0) is 6.42 Å². The third-order valence-corrected chi connectivity index (χ3v) is 3.26. The molecule has 0 spiro atoms. The van der Waals surface area contributed by atoms with Crippen molar-refractivity contribution in [3.63, 3.8) is 0 Å². The monoisotopic (exact) mass is 247 g/mol. The van der Waals surface area contributed by atoms with Crippen LogP contribution >= 0.6 is 0 Å². The lowest BCUT2D eigenvalue weighted by atomic mass is 10.0. The second-order valence-corrected chi connectivity index (χ2v) is 4.37. The quantitative estimate of drug-likeness (QED) is 0.637. The van der Waals surface area contributed by atoms with E-state index in [2.05, 4.69) is 15.0 Å². The van der Waals surface area contributed by atoms with Crippen LogP contribution in [0.1, 0.15) is 12.5 Å². The zero-order chi connectivity index (χ0) is 12.7. The van der Waals surface area contributed by atoms with E-state index in [9.17, 15) is 9.90 Å². The molecule has 0 radical (unpaired) electrons. The Morgan fingerprint density at radius 3 is 3.22 bits per heavy atom. The van der Waals surface area contributed by atoms with Gasteiger partial charge in [-0.2, -0.15) is 4.98 Å². The third-order valence-electron chi connectivity index (χ3n) is 3.26. The van der Waals surface area contributed by atoms with Gasteiger partial charge in [-0.25, -0.2) is 4.98 Å². The summed E-state index contributed by atoms with van der Waals surface area (Å²) in [7, 11) is 0. The van der Waals surface area contributed by atoms with Crippen molar-refractivity contribution in [3.05, 3.63) is 28.8 Å². The Kier molecular flexibility index (Phi) is 2.41. The topological polar surface area (TPSA) is 110 Å². The van der Waals surface area contributed by atoms with E-state index in [1.165, 1.54) is 0 Å². The Morgan fingerprint density at radius 1 is 1.61 bits per heavy atom. The Labute approximate surface area is 102 Å². The number of aliphatic hydroxyl groups is 1. The van der Waals surface area contributed by atoms with Crippen molar-refractivity contribution in [1.82, 2.24) is 19.5 Å². The number of nitrogen functional groups attached to an aromatic ring is 1. The number of aliphatic hydroxyl groups excluding tert-OH is 1. The molecule has 3 rings (SSSR count). The molecule has 7 heteroatoms. The number of allylic oxidation sites excluding steroid dienone is 2. The van der Waals surface area contributed by atoms with Gasteiger partial charge in [0.1, 0.15) is 0 Å². The molecule has 0 bridgehead atoms. The van der Waals surface area contributed by atoms with Gasteiger partial charge in [-0.15, -0.1) is 0 Å². The first-order valence-electron chi connectivity index (χ1n) is 5.70. The zero-order valence-electron chi connectivity index (χ0n) is 9.58. The first kappa shape index (κ1) is 11.0. The average molecular weight is 247 g/mol. The van der Waals surface area contributed by atoms with Crippen LogP contribution in [0.25, 0.3) is 11.2 Å². The highest BCUT2D eigenvalue weighted by atomic mass is 16.3. The van der Waals surface area contributed by atoms with Crippen LogP contribution in [-0.4, -0.2) is 31.2 Å². The maximum atomic E-state index is 11.7. The molecule has 0 saturated carbocycles. The summed E-state index contributed by atoms with van der Waals surface area (Å²) in [4.78, 5) is 22.2. The van der Waals surface area contributed by atoms with Crippen LogP contribution in [0, 0.1) is 5.92 Å². The van der Waals surface area contributed by atoms with Crippen LogP contribution in [0.4, 0.5) is 5.95 Å². The lowest BCUT2D eigenvalue weighted by molar-refractivity contribution is 0.205. The van der Waals surface area contributed by atoms with Gasteiger partial charge in [0.05, 0.1) is 12.4 Å². The number of hydrogen-bond acceptors (Lipinski definition) is 5. The van der Waals surface area contributed by atoms with Gasteiger partial charge >= 0.3 is 0 Å². The van der Waals surface area contributed by atoms with E-state index in [0.717, 1.165) is 6.42 Å². The minimum Gasteiger partial charge on any atom is -0.396 e. The molecule has 1 aliphatic carbocycles. The van der Waals surface area contributed by atoms with E-state index in [4.69, 9.17) is 5.73 Å². The average Bonchev–Trinajstić information content (AvgIpc) is 2.93. The van der Waals surface area contributed by atoms with E-state index < -0.39 is 0 Å². The van der Waals surface area contributed by atoms with Crippen LogP contribution in [0.2, 0.25) is 0 Å². The Morgan fingerprint density at radius 2 is 2.44 bits per heavy atom. The number of imidazole rings is 1. The van der Waals surface area contributed by atoms with Crippen LogP contribution in [0.3, 0.4) is 0 Å². The molecule has 18 heavy (non-hydrogen) atoms. The summed E-state index contributed by atoms with van der Waals surface area (Å²) in [6.07, 6.45) is 6.36. The summed E-state index contributed by atoms with van der Waals surface area (Å²) in [5.41, 5.74) is 5.91. The van der Waals surface area contributed by atoms with Crippen molar-refractivity contribution >= 4 is 17.1 Å². The summed E-state index contributed by atoms with van der Waals surface area (Å²) in [5.74, 6) is 0.154. The Bertz CT molecular complexity index is 672. The van der Waals surface area contributed by atoms with Crippen molar-refractivity contribution in [2.75, 3.05) is 12.3 Å². The molecule has 0 unspecified atom stereocenters. The predicted octanol–water partition coefficient (Wildman–Crippen LogP) is -0.189. The minimum atomic E-state index is -0.348. The fraction of sp³-hybridized carbons (Fsp3) is 0.364. The second-order valence-electron chi connectivity index (χ2n) is 4.37. The van der Waals surface area contributed by atoms with E-state index in [1.54, 1.807) is 10.9 Å². The van der Waals surface area contributed by atoms with Crippen molar-refractivity contribution in [1.29, 1.82) is 0 Å². The number of H-pyrrole nitrogens is 1. The molecule has 94 valence electrons. The molecule has 0 saturated heterocycles. The third kappa shape index (κ3) is 1.52. The fourth-order valence-electron chi connectivity index (χ4n) is 2.35. The SMILES string of the molecule is Nc1nc2c(ncn2[C@@H]2C=CC[C@@H]2CO)c(=O)[nH]1. The summed E-state index contributed by atoms with van der Waals surface area (Å²) < 4.78 is 1.78. The number of aromatic nitrogens is 4. The van der Waals surface area contributed by atoms with E-state index in [1.807, 2.05) is 12.2 Å². The molecule has 0 amide bonds. The second kappa shape index (κ2) is 3.95. The number of rotatable bonds is 2. The number of hydrogen-bond donors (Lipinski definition) is 3. The highest BCUT2D eigenvalue weighted by Gasteiger charge is 2.25. The zero-order valence-corrected chi connectivity index (χ0v) is 9.58. The Balaban J connectivity index is 2.18. The maximum absolute atomic E-state index is 11.7. The van der Waals surface area contributed by atoms with Crippen LogP contribution in [-0.2, 0) is 0 Å². The highest BCUT2D eigenvalue weighted by molar-refractivity contribution is 5.70. The van der Waals surface area contributed by atoms with E-state index >= 15 is 0 Å². The van der Waals surface area contributed by atoms with Gasteiger partial charge in [0.25, 0.3) is 5.56 Å². The number of anilines is 1. The largest absolute Gasteiger partial charge is 0.396 e. The van der Waals surface area contributed by atoms with Crippen LogP contribution in [0.15, 0.2) is 23.3 Å². The maximum Gasteiger partial charge on any atom is 0.280 e. The fourth-order valence-corrected chi connectivity index (χ4v) is 2.35. The Hall–Kier alpha value is -2.15. The normalized spacial score (nSPS) is 22.9. The molecular weight excluding hydrogens is 234 g/mol. The number of fused-ring (bicyclic) bond motifs is 1. The first-order chi connectivity index (χ1) is 8.70. The molecule has 0 fully saturated rings. The molecule has 2 atom stereocenters. The van der Waals surface area contributed by atoms with E-state index in [0.29, 0.717) is 5.65 Å². The van der Waals surface area contributed by atoms with Crippen LogP contribution in [0.5, 0.6) is 0 Å². The van der Waals surface area contributed by atoms with Crippen molar-refractivity contribution in [3.8, 4) is 0 Å². The highest BCUT2D eigenvalue weighted by Crippen LogP contribution is 2.30. The van der Waals surface area contributed by atoms with Gasteiger partial charge in [0.15, 0.2) is 11.2 Å². The molecule has 2 aromatic heterocycles. The lowest BCUT2D eigenvalue weighted by Crippen LogP contribution is -2.18. The smallest absolute Gasteiger partial charge is 0.280 e. The molecule has 0 aliphatic heterocycles. The minimum absolute atomic E-state index is 0.0336. The van der Waals surface area contributed by atoms with Gasteiger partial charge in [-0.1, -0.05) is 12.2 Å². The number of nitrogens with two attached hydrogens (primary N) is 1. The van der Waals surface area contributed by atoms with Gasteiger partial charge in [-0.3, -0.25) is 9.78 Å². The number of nitrogens with zero attached hydrogens (tertiary/aromatic N) is 3.